The molecule has 3 N–H and O–H groups in total. The number of ether oxygens (including phenoxy) is 2. The number of para-hydroxylation sites is 1. The summed E-state index contributed by atoms with van der Waals surface area (Å²) < 4.78 is 10.7. The number of nitrogens with two attached hydrogens (primary N) is 1. The molecule has 8 nitrogen and oxygen atoms in total. The number of anilines is 2. The topological polar surface area (TPSA) is 107 Å². The maximum atomic E-state index is 13.5. The molecule has 4 aromatic rings. The van der Waals surface area contributed by atoms with E-state index in [9.17, 15) is 9.59 Å². The molecule has 0 radical (unpaired) electrons. The highest BCUT2D eigenvalue weighted by Gasteiger charge is 2.21. The van der Waals surface area contributed by atoms with Crippen LogP contribution in [0.25, 0.3) is 10.8 Å². The number of aromatic nitrogens is 1. The molecule has 8 heteroatoms. The third kappa shape index (κ3) is 4.33. The quantitative estimate of drug-likeness (QED) is 0.462. The molecular formula is C26H22N4O4. The van der Waals surface area contributed by atoms with E-state index in [2.05, 4.69) is 10.3 Å². The first-order valence-corrected chi connectivity index (χ1v) is 10.7. The molecule has 34 heavy (non-hydrogen) atoms. The highest BCUT2D eigenvalue weighted by Crippen LogP contribution is 2.32. The summed E-state index contributed by atoms with van der Waals surface area (Å²) in [4.78, 5) is 31.9. The zero-order valence-electron chi connectivity index (χ0n) is 18.2. The first-order valence-electron chi connectivity index (χ1n) is 10.7. The second kappa shape index (κ2) is 9.11. The Morgan fingerprint density at radius 3 is 2.65 bits per heavy atom. The SMILES string of the molecule is Nc1nccc2ccc(C(=O)N(CC(=O)NCc3ccc4c(c3)OCO4)c3ccccc3)cc12. The van der Waals surface area contributed by atoms with Crippen LogP contribution in [0.5, 0.6) is 11.5 Å². The van der Waals surface area contributed by atoms with Crippen molar-refractivity contribution in [2.75, 3.05) is 24.0 Å². The van der Waals surface area contributed by atoms with Crippen molar-refractivity contribution in [3.05, 3.63) is 90.1 Å². The number of hydrogen-bond acceptors (Lipinski definition) is 6. The van der Waals surface area contributed by atoms with E-state index in [1.54, 1.807) is 30.5 Å². The molecule has 170 valence electrons. The predicted molar refractivity (Wildman–Crippen MR) is 129 cm³/mol. The Labute approximate surface area is 195 Å². The van der Waals surface area contributed by atoms with Gasteiger partial charge in [-0.15, -0.1) is 0 Å². The van der Waals surface area contributed by atoms with E-state index in [1.807, 2.05) is 48.5 Å². The van der Waals surface area contributed by atoms with Crippen LogP contribution >= 0.6 is 0 Å². The Bertz CT molecular complexity index is 1370. The van der Waals surface area contributed by atoms with Gasteiger partial charge >= 0.3 is 0 Å². The molecule has 0 fully saturated rings. The van der Waals surface area contributed by atoms with Gasteiger partial charge in [-0.1, -0.05) is 30.3 Å². The molecule has 0 aliphatic carbocycles. The van der Waals surface area contributed by atoms with Crippen LogP contribution in [0.4, 0.5) is 11.5 Å². The lowest BCUT2D eigenvalue weighted by Crippen LogP contribution is -2.40. The van der Waals surface area contributed by atoms with Gasteiger partial charge in [0.2, 0.25) is 12.7 Å². The molecule has 2 amide bonds. The molecule has 0 saturated heterocycles. The highest BCUT2D eigenvalue weighted by molar-refractivity contribution is 6.10. The Morgan fingerprint density at radius 1 is 0.971 bits per heavy atom. The second-order valence-corrected chi connectivity index (χ2v) is 7.82. The number of nitrogen functional groups attached to an aromatic ring is 1. The molecule has 0 saturated carbocycles. The van der Waals surface area contributed by atoms with E-state index >= 15 is 0 Å². The van der Waals surface area contributed by atoms with Gasteiger partial charge in [-0.05, 0) is 53.4 Å². The summed E-state index contributed by atoms with van der Waals surface area (Å²) in [6.07, 6.45) is 1.62. The van der Waals surface area contributed by atoms with Gasteiger partial charge in [0, 0.05) is 29.4 Å². The molecular weight excluding hydrogens is 432 g/mol. The van der Waals surface area contributed by atoms with E-state index in [4.69, 9.17) is 15.2 Å². The van der Waals surface area contributed by atoms with Gasteiger partial charge in [0.15, 0.2) is 11.5 Å². The summed E-state index contributed by atoms with van der Waals surface area (Å²) in [6, 6.07) is 21.7. The van der Waals surface area contributed by atoms with Gasteiger partial charge in [0.05, 0.1) is 0 Å². The number of fused-ring (bicyclic) bond motifs is 2. The molecule has 1 aliphatic heterocycles. The van der Waals surface area contributed by atoms with E-state index < -0.39 is 0 Å². The average Bonchev–Trinajstić information content (AvgIpc) is 3.34. The Morgan fingerprint density at radius 2 is 1.79 bits per heavy atom. The van der Waals surface area contributed by atoms with Crippen molar-refractivity contribution in [2.24, 2.45) is 0 Å². The summed E-state index contributed by atoms with van der Waals surface area (Å²) in [5, 5.41) is 4.45. The van der Waals surface area contributed by atoms with Crippen molar-refractivity contribution < 1.29 is 19.1 Å². The van der Waals surface area contributed by atoms with Crippen molar-refractivity contribution in [3.8, 4) is 11.5 Å². The Balaban J connectivity index is 1.35. The largest absolute Gasteiger partial charge is 0.454 e. The maximum Gasteiger partial charge on any atom is 0.258 e. The van der Waals surface area contributed by atoms with Crippen molar-refractivity contribution >= 4 is 34.1 Å². The molecule has 3 aromatic carbocycles. The van der Waals surface area contributed by atoms with Crippen molar-refractivity contribution in [1.82, 2.24) is 10.3 Å². The summed E-state index contributed by atoms with van der Waals surface area (Å²) >= 11 is 0. The molecule has 1 aliphatic rings. The zero-order chi connectivity index (χ0) is 23.5. The summed E-state index contributed by atoms with van der Waals surface area (Å²) in [5.41, 5.74) is 7.91. The monoisotopic (exact) mass is 454 g/mol. The maximum absolute atomic E-state index is 13.5. The van der Waals surface area contributed by atoms with Gasteiger partial charge in [0.1, 0.15) is 12.4 Å². The van der Waals surface area contributed by atoms with Crippen LogP contribution in [0.2, 0.25) is 0 Å². The van der Waals surface area contributed by atoms with Crippen molar-refractivity contribution in [3.63, 3.8) is 0 Å². The van der Waals surface area contributed by atoms with E-state index in [1.165, 1.54) is 4.90 Å². The molecule has 1 aromatic heterocycles. The standard InChI is InChI=1S/C26H22N4O4/c27-25-21-13-19(8-7-18(21)10-11-28-25)26(32)30(20-4-2-1-3-5-20)15-24(31)29-14-17-6-9-22-23(12-17)34-16-33-22/h1-13H,14-16H2,(H2,27,28)(H,29,31). The fourth-order valence-corrected chi connectivity index (χ4v) is 3.82. The fraction of sp³-hybridized carbons (Fsp3) is 0.115. The number of nitrogens with one attached hydrogen (secondary N) is 1. The normalized spacial score (nSPS) is 11.9. The zero-order valence-corrected chi connectivity index (χ0v) is 18.2. The number of amides is 2. The van der Waals surface area contributed by atoms with Crippen LogP contribution in [-0.2, 0) is 11.3 Å². The van der Waals surface area contributed by atoms with Gasteiger partial charge < -0.3 is 20.5 Å². The average molecular weight is 454 g/mol. The van der Waals surface area contributed by atoms with Crippen molar-refractivity contribution in [2.45, 2.75) is 6.54 Å². The van der Waals surface area contributed by atoms with E-state index in [0.717, 1.165) is 10.9 Å². The lowest BCUT2D eigenvalue weighted by atomic mass is 10.1. The third-order valence-corrected chi connectivity index (χ3v) is 5.59. The first-order chi connectivity index (χ1) is 16.6. The highest BCUT2D eigenvalue weighted by atomic mass is 16.7. The van der Waals surface area contributed by atoms with Gasteiger partial charge in [0.25, 0.3) is 5.91 Å². The molecule has 2 heterocycles. The van der Waals surface area contributed by atoms with Gasteiger partial charge in [-0.25, -0.2) is 4.98 Å². The minimum Gasteiger partial charge on any atom is -0.454 e. The first kappa shape index (κ1) is 21.3. The van der Waals surface area contributed by atoms with Gasteiger partial charge in [-0.2, -0.15) is 0 Å². The summed E-state index contributed by atoms with van der Waals surface area (Å²) in [5.74, 6) is 1.08. The third-order valence-electron chi connectivity index (χ3n) is 5.59. The molecule has 0 bridgehead atoms. The minimum absolute atomic E-state index is 0.145. The van der Waals surface area contributed by atoms with Crippen LogP contribution in [-0.4, -0.2) is 30.1 Å². The lowest BCUT2D eigenvalue weighted by molar-refractivity contribution is -0.119. The number of rotatable bonds is 6. The Kier molecular flexibility index (Phi) is 5.70. The summed E-state index contributed by atoms with van der Waals surface area (Å²) in [6.45, 7) is 0.341. The molecule has 5 rings (SSSR count). The van der Waals surface area contributed by atoms with Crippen LogP contribution in [0.15, 0.2) is 79.0 Å². The molecule has 0 unspecified atom stereocenters. The number of pyridine rings is 1. The smallest absolute Gasteiger partial charge is 0.258 e. The van der Waals surface area contributed by atoms with Crippen LogP contribution in [0.3, 0.4) is 0 Å². The van der Waals surface area contributed by atoms with Crippen LogP contribution < -0.4 is 25.4 Å². The minimum atomic E-state index is -0.311. The number of carbonyl (C=O) groups excluding carboxylic acids is 2. The van der Waals surface area contributed by atoms with E-state index in [0.29, 0.717) is 40.5 Å². The number of hydrogen-bond donors (Lipinski definition) is 2. The lowest BCUT2D eigenvalue weighted by Gasteiger charge is -2.23. The summed E-state index contributed by atoms with van der Waals surface area (Å²) in [7, 11) is 0. The van der Waals surface area contributed by atoms with Crippen LogP contribution in [0, 0.1) is 0 Å². The second-order valence-electron chi connectivity index (χ2n) is 7.82. The fourth-order valence-electron chi connectivity index (χ4n) is 3.82. The molecule has 0 atom stereocenters. The number of nitrogens with zero attached hydrogens (tertiary/aromatic N) is 2. The molecule has 0 spiro atoms. The van der Waals surface area contributed by atoms with Crippen molar-refractivity contribution in [1.29, 1.82) is 0 Å². The van der Waals surface area contributed by atoms with E-state index in [-0.39, 0.29) is 25.2 Å². The van der Waals surface area contributed by atoms with Gasteiger partial charge in [-0.3, -0.25) is 14.5 Å². The Hall–Kier alpha value is -4.59. The number of benzene rings is 3. The van der Waals surface area contributed by atoms with Crippen LogP contribution in [0.1, 0.15) is 15.9 Å². The number of carbonyl (C=O) groups is 2. The predicted octanol–water partition coefficient (Wildman–Crippen LogP) is 3.51.